The van der Waals surface area contributed by atoms with Gasteiger partial charge in [0, 0.05) is 24.8 Å². The molecular formula is C12H19NO4. The average Bonchev–Trinajstić information content (AvgIpc) is 2.37. The molecule has 1 aromatic rings. The van der Waals surface area contributed by atoms with Crippen LogP contribution in [0.15, 0.2) is 12.1 Å². The van der Waals surface area contributed by atoms with Crippen LogP contribution in [0.5, 0.6) is 17.2 Å². The minimum absolute atomic E-state index is 0.0134. The van der Waals surface area contributed by atoms with Gasteiger partial charge in [0.25, 0.3) is 0 Å². The maximum Gasteiger partial charge on any atom is 0.131 e. The molecule has 5 nitrogen and oxygen atoms in total. The third-order valence-electron chi connectivity index (χ3n) is 2.56. The smallest absolute Gasteiger partial charge is 0.131 e. The molecule has 0 fully saturated rings. The van der Waals surface area contributed by atoms with E-state index in [4.69, 9.17) is 25.1 Å². The van der Waals surface area contributed by atoms with E-state index in [2.05, 4.69) is 0 Å². The highest BCUT2D eigenvalue weighted by molar-refractivity contribution is 5.52. The Labute approximate surface area is 101 Å². The first-order chi connectivity index (χ1) is 8.17. The van der Waals surface area contributed by atoms with Crippen molar-refractivity contribution >= 4 is 0 Å². The number of nitrogens with two attached hydrogens (primary N) is 1. The zero-order chi connectivity index (χ0) is 12.8. The van der Waals surface area contributed by atoms with Crippen molar-refractivity contribution in [3.05, 3.63) is 17.7 Å². The maximum atomic E-state index is 8.94. The van der Waals surface area contributed by atoms with Crippen LogP contribution in [0.25, 0.3) is 0 Å². The lowest BCUT2D eigenvalue weighted by molar-refractivity contribution is 0.273. The number of hydrogen-bond acceptors (Lipinski definition) is 5. The van der Waals surface area contributed by atoms with Gasteiger partial charge in [0.15, 0.2) is 0 Å². The Balaban J connectivity index is 3.23. The molecule has 1 aromatic carbocycles. The lowest BCUT2D eigenvalue weighted by atomic mass is 10.0. The number of ether oxygens (including phenoxy) is 3. The summed E-state index contributed by atoms with van der Waals surface area (Å²) >= 11 is 0. The number of hydrogen-bond donors (Lipinski definition) is 2. The SMILES string of the molecule is COc1cc(OC)c([C@H](N)CCO)c(OC)c1. The van der Waals surface area contributed by atoms with Crippen molar-refractivity contribution in [3.63, 3.8) is 0 Å². The molecule has 0 unspecified atom stereocenters. The van der Waals surface area contributed by atoms with Gasteiger partial charge in [-0.1, -0.05) is 0 Å². The van der Waals surface area contributed by atoms with Crippen molar-refractivity contribution in [2.75, 3.05) is 27.9 Å². The minimum atomic E-state index is -0.337. The van der Waals surface area contributed by atoms with E-state index in [0.29, 0.717) is 23.7 Å². The summed E-state index contributed by atoms with van der Waals surface area (Å²) in [5.74, 6) is 1.84. The van der Waals surface area contributed by atoms with Crippen LogP contribution < -0.4 is 19.9 Å². The molecule has 0 spiro atoms. The van der Waals surface area contributed by atoms with Gasteiger partial charge < -0.3 is 25.1 Å². The van der Waals surface area contributed by atoms with Crippen LogP contribution in [0, 0.1) is 0 Å². The lowest BCUT2D eigenvalue weighted by Crippen LogP contribution is -2.14. The lowest BCUT2D eigenvalue weighted by Gasteiger charge is -2.19. The van der Waals surface area contributed by atoms with Crippen molar-refractivity contribution in [1.29, 1.82) is 0 Å². The van der Waals surface area contributed by atoms with E-state index in [1.165, 1.54) is 0 Å². The minimum Gasteiger partial charge on any atom is -0.496 e. The first-order valence-electron chi connectivity index (χ1n) is 5.34. The number of rotatable bonds is 6. The molecule has 0 bridgehead atoms. The van der Waals surface area contributed by atoms with E-state index in [9.17, 15) is 0 Å². The van der Waals surface area contributed by atoms with Crippen LogP contribution in [0.4, 0.5) is 0 Å². The van der Waals surface area contributed by atoms with Crippen molar-refractivity contribution in [2.45, 2.75) is 12.5 Å². The van der Waals surface area contributed by atoms with Crippen LogP contribution in [0.2, 0.25) is 0 Å². The van der Waals surface area contributed by atoms with E-state index in [-0.39, 0.29) is 12.6 Å². The van der Waals surface area contributed by atoms with Crippen molar-refractivity contribution in [2.24, 2.45) is 5.73 Å². The van der Waals surface area contributed by atoms with E-state index in [1.54, 1.807) is 33.5 Å². The second-order valence-electron chi connectivity index (χ2n) is 3.56. The van der Waals surface area contributed by atoms with E-state index < -0.39 is 0 Å². The molecule has 0 radical (unpaired) electrons. The monoisotopic (exact) mass is 241 g/mol. The predicted molar refractivity (Wildman–Crippen MR) is 64.7 cm³/mol. The van der Waals surface area contributed by atoms with Gasteiger partial charge >= 0.3 is 0 Å². The second-order valence-corrected chi connectivity index (χ2v) is 3.56. The molecule has 3 N–H and O–H groups in total. The summed E-state index contributed by atoms with van der Waals surface area (Å²) in [5.41, 5.74) is 6.73. The van der Waals surface area contributed by atoms with Gasteiger partial charge in [0.2, 0.25) is 0 Å². The summed E-state index contributed by atoms with van der Waals surface area (Å²) in [6.45, 7) is 0.0134. The van der Waals surface area contributed by atoms with Gasteiger partial charge in [0.1, 0.15) is 17.2 Å². The molecule has 0 aliphatic carbocycles. The molecule has 1 atom stereocenters. The largest absolute Gasteiger partial charge is 0.496 e. The molecule has 1 rings (SSSR count). The Morgan fingerprint density at radius 2 is 1.65 bits per heavy atom. The number of benzene rings is 1. The highest BCUT2D eigenvalue weighted by atomic mass is 16.5. The molecule has 0 aliphatic heterocycles. The summed E-state index contributed by atoms with van der Waals surface area (Å²) in [6, 6.07) is 3.15. The fourth-order valence-corrected chi connectivity index (χ4v) is 1.68. The van der Waals surface area contributed by atoms with E-state index in [1.807, 2.05) is 0 Å². The number of aliphatic hydroxyl groups excluding tert-OH is 1. The van der Waals surface area contributed by atoms with Crippen LogP contribution in [-0.2, 0) is 0 Å². The topological polar surface area (TPSA) is 73.9 Å². The predicted octanol–water partition coefficient (Wildman–Crippen LogP) is 1.09. The van der Waals surface area contributed by atoms with Crippen LogP contribution >= 0.6 is 0 Å². The second kappa shape index (κ2) is 6.32. The van der Waals surface area contributed by atoms with Crippen LogP contribution in [-0.4, -0.2) is 33.0 Å². The normalized spacial score (nSPS) is 12.1. The summed E-state index contributed by atoms with van der Waals surface area (Å²) in [4.78, 5) is 0. The number of aliphatic hydroxyl groups is 1. The van der Waals surface area contributed by atoms with Gasteiger partial charge in [-0.15, -0.1) is 0 Å². The highest BCUT2D eigenvalue weighted by Crippen LogP contribution is 2.38. The van der Waals surface area contributed by atoms with E-state index in [0.717, 1.165) is 5.56 Å². The number of methoxy groups -OCH3 is 3. The van der Waals surface area contributed by atoms with Gasteiger partial charge in [-0.25, -0.2) is 0 Å². The van der Waals surface area contributed by atoms with Crippen LogP contribution in [0.1, 0.15) is 18.0 Å². The van der Waals surface area contributed by atoms with Gasteiger partial charge in [-0.3, -0.25) is 0 Å². The molecule has 5 heteroatoms. The fourth-order valence-electron chi connectivity index (χ4n) is 1.68. The molecule has 0 aromatic heterocycles. The summed E-state index contributed by atoms with van der Waals surface area (Å²) < 4.78 is 15.7. The fraction of sp³-hybridized carbons (Fsp3) is 0.500. The third-order valence-corrected chi connectivity index (χ3v) is 2.56. The maximum absolute atomic E-state index is 8.94. The first kappa shape index (κ1) is 13.6. The Kier molecular flexibility index (Phi) is 5.06. The molecule has 0 heterocycles. The van der Waals surface area contributed by atoms with Crippen molar-refractivity contribution < 1.29 is 19.3 Å². The van der Waals surface area contributed by atoms with Gasteiger partial charge in [0.05, 0.1) is 26.9 Å². The molecule has 96 valence electrons. The van der Waals surface area contributed by atoms with Gasteiger partial charge in [-0.05, 0) is 6.42 Å². The molecule has 0 saturated heterocycles. The van der Waals surface area contributed by atoms with E-state index >= 15 is 0 Å². The quantitative estimate of drug-likeness (QED) is 0.780. The first-order valence-corrected chi connectivity index (χ1v) is 5.34. The Bertz CT molecular complexity index is 343. The Morgan fingerprint density at radius 1 is 1.12 bits per heavy atom. The summed E-state index contributed by atoms with van der Waals surface area (Å²) in [7, 11) is 4.69. The molecule has 0 saturated carbocycles. The Hall–Kier alpha value is -1.46. The van der Waals surface area contributed by atoms with Crippen molar-refractivity contribution in [1.82, 2.24) is 0 Å². The molecule has 0 aliphatic rings. The Morgan fingerprint density at radius 3 is 2.00 bits per heavy atom. The molecule has 0 amide bonds. The summed E-state index contributed by atoms with van der Waals surface area (Å²) in [6.07, 6.45) is 0.444. The van der Waals surface area contributed by atoms with Crippen molar-refractivity contribution in [3.8, 4) is 17.2 Å². The van der Waals surface area contributed by atoms with Crippen LogP contribution in [0.3, 0.4) is 0 Å². The third kappa shape index (κ3) is 3.01. The zero-order valence-corrected chi connectivity index (χ0v) is 10.4. The highest BCUT2D eigenvalue weighted by Gasteiger charge is 2.19. The summed E-state index contributed by atoms with van der Waals surface area (Å²) in [5, 5.41) is 8.94. The zero-order valence-electron chi connectivity index (χ0n) is 10.4. The average molecular weight is 241 g/mol. The van der Waals surface area contributed by atoms with Gasteiger partial charge in [-0.2, -0.15) is 0 Å². The molecular weight excluding hydrogens is 222 g/mol. The standard InChI is InChI=1S/C12H19NO4/c1-15-8-6-10(16-2)12(9(13)4-5-14)11(7-8)17-3/h6-7,9,14H,4-5,13H2,1-3H3/t9-/m1/s1. The molecule has 17 heavy (non-hydrogen) atoms.